The quantitative estimate of drug-likeness (QED) is 0.224. The predicted molar refractivity (Wildman–Crippen MR) is 185 cm³/mol. The molecule has 13 heteroatoms. The highest BCUT2D eigenvalue weighted by atomic mass is 16.5. The van der Waals surface area contributed by atoms with Crippen molar-refractivity contribution in [2.75, 3.05) is 18.6 Å². The standard InChI is InChI=1S/C38H38N6O7/c1-22-24-4-9-28(10-5-24)50-19-3-18-43(34(22)25-6-11-29(12-7-25)51-21-27-16-17-39-35(40-27)23(2)45)42-26-8-13-30-31(20-26)38(49)44(37(30)48)32-14-15-33(46)41-36(32)47/h4-13,16-17,20,22-23,32,34,42,45H,3,14-15,18-19,21H2,1-2H3,(H,41,46,47). The maximum Gasteiger partial charge on any atom is 0.262 e. The van der Waals surface area contributed by atoms with Crippen LogP contribution in [0.4, 0.5) is 5.69 Å². The first-order valence-corrected chi connectivity index (χ1v) is 17.0. The number of nitrogens with one attached hydrogen (secondary N) is 2. The third kappa shape index (κ3) is 7.03. The molecule has 4 atom stereocenters. The highest BCUT2D eigenvalue weighted by molar-refractivity contribution is 6.23. The number of rotatable bonds is 8. The molecular formula is C38H38N6O7. The Morgan fingerprint density at radius 3 is 2.47 bits per heavy atom. The van der Waals surface area contributed by atoms with Crippen LogP contribution in [0.3, 0.4) is 0 Å². The highest BCUT2D eigenvalue weighted by Gasteiger charge is 2.44. The maximum absolute atomic E-state index is 13.6. The second kappa shape index (κ2) is 14.3. The van der Waals surface area contributed by atoms with Gasteiger partial charge >= 0.3 is 0 Å². The number of hydrogen-bond donors (Lipinski definition) is 3. The summed E-state index contributed by atoms with van der Waals surface area (Å²) in [4.78, 5) is 60.6. The van der Waals surface area contributed by atoms with Crippen LogP contribution in [-0.2, 0) is 16.2 Å². The molecule has 4 unspecified atom stereocenters. The molecule has 1 aromatic heterocycles. The highest BCUT2D eigenvalue weighted by Crippen LogP contribution is 2.38. The summed E-state index contributed by atoms with van der Waals surface area (Å²) in [5.41, 5.74) is 7.32. The lowest BCUT2D eigenvalue weighted by Gasteiger charge is -2.37. The minimum absolute atomic E-state index is 0.00279. The molecule has 4 aromatic rings. The molecule has 262 valence electrons. The number of amides is 4. The summed E-state index contributed by atoms with van der Waals surface area (Å²) in [6, 6.07) is 21.5. The van der Waals surface area contributed by atoms with Gasteiger partial charge in [-0.1, -0.05) is 31.2 Å². The number of carbonyl (C=O) groups is 4. The monoisotopic (exact) mass is 690 g/mol. The van der Waals surface area contributed by atoms with Crippen molar-refractivity contribution in [3.63, 3.8) is 0 Å². The van der Waals surface area contributed by atoms with Gasteiger partial charge in [-0.15, -0.1) is 0 Å². The summed E-state index contributed by atoms with van der Waals surface area (Å²) in [5.74, 6) is -0.396. The van der Waals surface area contributed by atoms with E-state index in [9.17, 15) is 24.3 Å². The van der Waals surface area contributed by atoms with Crippen LogP contribution >= 0.6 is 0 Å². The molecule has 2 bridgehead atoms. The number of ether oxygens (including phenoxy) is 2. The van der Waals surface area contributed by atoms with Gasteiger partial charge in [-0.2, -0.15) is 0 Å². The maximum atomic E-state index is 13.6. The lowest BCUT2D eigenvalue weighted by molar-refractivity contribution is -0.136. The zero-order chi connectivity index (χ0) is 35.6. The number of piperidine rings is 1. The summed E-state index contributed by atoms with van der Waals surface area (Å²) in [6.07, 6.45) is 1.65. The third-order valence-corrected chi connectivity index (χ3v) is 9.45. The van der Waals surface area contributed by atoms with Gasteiger partial charge in [-0.25, -0.2) is 15.0 Å². The van der Waals surface area contributed by atoms with E-state index >= 15 is 0 Å². The van der Waals surface area contributed by atoms with Gasteiger partial charge in [-0.05, 0) is 79.4 Å². The minimum Gasteiger partial charge on any atom is -0.494 e. The molecule has 4 amide bonds. The lowest BCUT2D eigenvalue weighted by atomic mass is 9.88. The Balaban J connectivity index is 1.15. The number of imide groups is 2. The fourth-order valence-corrected chi connectivity index (χ4v) is 6.80. The summed E-state index contributed by atoms with van der Waals surface area (Å²) < 4.78 is 12.0. The average Bonchev–Trinajstić information content (AvgIpc) is 3.35. The predicted octanol–water partition coefficient (Wildman–Crippen LogP) is 4.47. The molecule has 8 rings (SSSR count). The van der Waals surface area contributed by atoms with Gasteiger partial charge in [0.2, 0.25) is 11.8 Å². The van der Waals surface area contributed by atoms with Gasteiger partial charge in [0, 0.05) is 30.8 Å². The fraction of sp³-hybridized carbons (Fsp3) is 0.316. The second-order valence-corrected chi connectivity index (χ2v) is 13.0. The van der Waals surface area contributed by atoms with Crippen LogP contribution in [0.2, 0.25) is 0 Å². The number of aliphatic hydroxyl groups excluding tert-OH is 1. The number of nitrogens with zero attached hydrogens (tertiary/aromatic N) is 4. The van der Waals surface area contributed by atoms with Crippen molar-refractivity contribution in [2.45, 2.75) is 63.8 Å². The van der Waals surface area contributed by atoms with Gasteiger partial charge in [0.25, 0.3) is 11.8 Å². The van der Waals surface area contributed by atoms with E-state index in [0.29, 0.717) is 42.5 Å². The first-order chi connectivity index (χ1) is 24.7. The first-order valence-electron chi connectivity index (χ1n) is 17.0. The molecule has 0 spiro atoms. The van der Waals surface area contributed by atoms with Gasteiger partial charge < -0.3 is 20.0 Å². The van der Waals surface area contributed by atoms with Crippen molar-refractivity contribution in [3.8, 4) is 11.5 Å². The number of aromatic nitrogens is 2. The van der Waals surface area contributed by atoms with Crippen LogP contribution in [-0.4, -0.2) is 67.8 Å². The van der Waals surface area contributed by atoms with E-state index in [2.05, 4.69) is 44.8 Å². The molecule has 51 heavy (non-hydrogen) atoms. The molecule has 3 N–H and O–H groups in total. The van der Waals surface area contributed by atoms with Gasteiger partial charge in [-0.3, -0.25) is 29.4 Å². The Labute approximate surface area is 294 Å². The van der Waals surface area contributed by atoms with E-state index in [0.717, 1.165) is 21.8 Å². The Morgan fingerprint density at radius 2 is 1.73 bits per heavy atom. The van der Waals surface area contributed by atoms with Crippen LogP contribution in [0.25, 0.3) is 0 Å². The molecule has 4 aliphatic rings. The number of hydrazine groups is 1. The van der Waals surface area contributed by atoms with E-state index in [-0.39, 0.29) is 42.5 Å². The lowest BCUT2D eigenvalue weighted by Crippen LogP contribution is -2.54. The molecule has 0 saturated carbocycles. The number of benzene rings is 3. The topological polar surface area (TPSA) is 163 Å². The minimum atomic E-state index is -1.04. The Kier molecular flexibility index (Phi) is 9.48. The molecule has 1 fully saturated rings. The van der Waals surface area contributed by atoms with Crippen molar-refractivity contribution in [1.82, 2.24) is 25.2 Å². The molecule has 5 heterocycles. The summed E-state index contributed by atoms with van der Waals surface area (Å²) in [5, 5.41) is 14.2. The number of carbonyl (C=O) groups excluding carboxylic acids is 4. The Hall–Kier alpha value is -5.66. The zero-order valence-electron chi connectivity index (χ0n) is 28.2. The van der Waals surface area contributed by atoms with Crippen molar-refractivity contribution >= 4 is 29.3 Å². The van der Waals surface area contributed by atoms with Crippen molar-refractivity contribution < 1.29 is 33.8 Å². The summed E-state index contributed by atoms with van der Waals surface area (Å²) in [7, 11) is 0. The number of fused-ring (bicyclic) bond motifs is 9. The van der Waals surface area contributed by atoms with Crippen LogP contribution in [0.1, 0.15) is 94.5 Å². The number of aliphatic hydroxyl groups is 1. The summed E-state index contributed by atoms with van der Waals surface area (Å²) in [6.45, 7) is 5.06. The van der Waals surface area contributed by atoms with Gasteiger partial charge in [0.15, 0.2) is 5.82 Å². The summed E-state index contributed by atoms with van der Waals surface area (Å²) >= 11 is 0. The molecule has 13 nitrogen and oxygen atoms in total. The van der Waals surface area contributed by atoms with E-state index < -0.39 is 35.8 Å². The molecule has 0 aliphatic carbocycles. The molecule has 0 radical (unpaired) electrons. The number of anilines is 1. The first kappa shape index (κ1) is 33.8. The van der Waals surface area contributed by atoms with Crippen molar-refractivity contribution in [1.29, 1.82) is 0 Å². The zero-order valence-corrected chi connectivity index (χ0v) is 28.2. The fourth-order valence-electron chi connectivity index (χ4n) is 6.80. The molecule has 3 aromatic carbocycles. The van der Waals surface area contributed by atoms with Gasteiger partial charge in [0.05, 0.1) is 29.5 Å². The smallest absolute Gasteiger partial charge is 0.262 e. The van der Waals surface area contributed by atoms with Crippen LogP contribution in [0, 0.1) is 0 Å². The van der Waals surface area contributed by atoms with E-state index in [1.54, 1.807) is 37.4 Å². The SMILES string of the molecule is CC(O)c1nccc(COc2ccc(C3C(C)c4ccc(cc4)OCCCN3Nc3ccc4c(c3)C(=O)N(C3CCC(=O)NC3=O)C4=O)cc2)n1. The van der Waals surface area contributed by atoms with Crippen molar-refractivity contribution in [3.05, 3.63) is 113 Å². The van der Waals surface area contributed by atoms with Crippen LogP contribution in [0.15, 0.2) is 79.0 Å². The van der Waals surface area contributed by atoms with Crippen LogP contribution < -0.4 is 20.2 Å². The Morgan fingerprint density at radius 1 is 0.980 bits per heavy atom. The van der Waals surface area contributed by atoms with Crippen molar-refractivity contribution in [2.24, 2.45) is 0 Å². The Bertz CT molecular complexity index is 1970. The molecular weight excluding hydrogens is 652 g/mol. The average molecular weight is 691 g/mol. The molecule has 4 aliphatic heterocycles. The van der Waals surface area contributed by atoms with E-state index in [1.165, 1.54) is 0 Å². The largest absolute Gasteiger partial charge is 0.494 e. The van der Waals surface area contributed by atoms with Crippen LogP contribution in [0.5, 0.6) is 11.5 Å². The van der Waals surface area contributed by atoms with Gasteiger partial charge in [0.1, 0.15) is 30.3 Å². The van der Waals surface area contributed by atoms with E-state index in [1.807, 2.05) is 36.4 Å². The second-order valence-electron chi connectivity index (χ2n) is 13.0. The number of hydrogen-bond acceptors (Lipinski definition) is 11. The van der Waals surface area contributed by atoms with E-state index in [4.69, 9.17) is 9.47 Å². The third-order valence-electron chi connectivity index (χ3n) is 9.45. The normalized spacial score (nSPS) is 21.4. The molecule has 1 saturated heterocycles.